The minimum atomic E-state index is 0.609. The van der Waals surface area contributed by atoms with Crippen LogP contribution in [0, 0.1) is 0 Å². The second kappa shape index (κ2) is 9.78. The number of hydrogen-bond acceptors (Lipinski definition) is 4. The summed E-state index contributed by atoms with van der Waals surface area (Å²) >= 11 is 0. The molecule has 2 saturated heterocycles. The molecule has 0 spiro atoms. The molecule has 2 aliphatic heterocycles. The minimum absolute atomic E-state index is 0.609. The summed E-state index contributed by atoms with van der Waals surface area (Å²) < 4.78 is 5.46. The highest BCUT2D eigenvalue weighted by Crippen LogP contribution is 2.21. The molecular weight excluding hydrogens is 262 g/mol. The summed E-state index contributed by atoms with van der Waals surface area (Å²) in [5, 5.41) is 0. The van der Waals surface area contributed by atoms with E-state index in [1.54, 1.807) is 0 Å². The number of hydrogen-bond donors (Lipinski definition) is 1. The van der Waals surface area contributed by atoms with Gasteiger partial charge in [0, 0.05) is 44.8 Å². The first-order chi connectivity index (χ1) is 10.3. The van der Waals surface area contributed by atoms with E-state index >= 15 is 0 Å². The Kier molecular flexibility index (Phi) is 8.01. The Bertz CT molecular complexity index is 269. The van der Waals surface area contributed by atoms with Crippen molar-refractivity contribution in [1.82, 2.24) is 9.80 Å². The fourth-order valence-electron chi connectivity index (χ4n) is 3.77. The van der Waals surface area contributed by atoms with E-state index in [1.807, 2.05) is 0 Å². The van der Waals surface area contributed by atoms with E-state index in [4.69, 9.17) is 10.5 Å². The van der Waals surface area contributed by atoms with Crippen LogP contribution in [-0.2, 0) is 4.74 Å². The van der Waals surface area contributed by atoms with Crippen molar-refractivity contribution in [2.24, 2.45) is 5.73 Å². The molecule has 2 N–H and O–H groups in total. The van der Waals surface area contributed by atoms with E-state index in [9.17, 15) is 0 Å². The summed E-state index contributed by atoms with van der Waals surface area (Å²) in [6, 6.07) is 1.35. The third-order valence-electron chi connectivity index (χ3n) is 5.19. The SMILES string of the molecule is CCCCCCCC(CN)N1CCC(N2CCOCC2)C1. The van der Waals surface area contributed by atoms with E-state index in [0.717, 1.165) is 38.9 Å². The van der Waals surface area contributed by atoms with E-state index in [2.05, 4.69) is 16.7 Å². The first-order valence-electron chi connectivity index (χ1n) is 9.11. The van der Waals surface area contributed by atoms with Crippen LogP contribution in [0.3, 0.4) is 0 Å². The first kappa shape index (κ1) is 17.2. The summed E-state index contributed by atoms with van der Waals surface area (Å²) in [6.07, 6.45) is 9.43. The molecule has 2 heterocycles. The Morgan fingerprint density at radius 2 is 1.86 bits per heavy atom. The van der Waals surface area contributed by atoms with Crippen molar-refractivity contribution in [1.29, 1.82) is 0 Å². The number of nitrogens with zero attached hydrogens (tertiary/aromatic N) is 2. The normalized spacial score (nSPS) is 26.3. The van der Waals surface area contributed by atoms with Gasteiger partial charge >= 0.3 is 0 Å². The largest absolute Gasteiger partial charge is 0.379 e. The molecule has 2 fully saturated rings. The molecule has 21 heavy (non-hydrogen) atoms. The number of rotatable bonds is 9. The van der Waals surface area contributed by atoms with E-state index in [0.29, 0.717) is 6.04 Å². The molecule has 2 rings (SSSR count). The fourth-order valence-corrected chi connectivity index (χ4v) is 3.77. The summed E-state index contributed by atoms with van der Waals surface area (Å²) in [6.45, 7) is 9.60. The van der Waals surface area contributed by atoms with Crippen LogP contribution >= 0.6 is 0 Å². The molecule has 2 atom stereocenters. The molecule has 0 radical (unpaired) electrons. The zero-order valence-corrected chi connectivity index (χ0v) is 13.9. The van der Waals surface area contributed by atoms with Crippen molar-refractivity contribution in [3.05, 3.63) is 0 Å². The molecule has 0 aromatic rings. The van der Waals surface area contributed by atoms with Gasteiger partial charge in [-0.05, 0) is 12.8 Å². The summed E-state index contributed by atoms with van der Waals surface area (Å²) in [5.41, 5.74) is 6.04. The van der Waals surface area contributed by atoms with Gasteiger partial charge in [-0.15, -0.1) is 0 Å². The van der Waals surface area contributed by atoms with Gasteiger partial charge in [-0.25, -0.2) is 0 Å². The van der Waals surface area contributed by atoms with Crippen molar-refractivity contribution in [2.45, 2.75) is 64.0 Å². The Morgan fingerprint density at radius 3 is 2.57 bits per heavy atom. The third-order valence-corrected chi connectivity index (χ3v) is 5.19. The molecule has 0 aromatic heterocycles. The lowest BCUT2D eigenvalue weighted by atomic mass is 10.1. The van der Waals surface area contributed by atoms with Crippen molar-refractivity contribution in [3.8, 4) is 0 Å². The number of ether oxygens (including phenoxy) is 1. The molecule has 0 aromatic carbocycles. The van der Waals surface area contributed by atoms with Crippen molar-refractivity contribution in [2.75, 3.05) is 45.9 Å². The molecule has 0 amide bonds. The number of unbranched alkanes of at least 4 members (excludes halogenated alkanes) is 4. The van der Waals surface area contributed by atoms with Crippen LogP contribution in [0.5, 0.6) is 0 Å². The summed E-state index contributed by atoms with van der Waals surface area (Å²) in [7, 11) is 0. The quantitative estimate of drug-likeness (QED) is 0.662. The van der Waals surface area contributed by atoms with Gasteiger partial charge in [0.05, 0.1) is 13.2 Å². The van der Waals surface area contributed by atoms with E-state index < -0.39 is 0 Å². The molecule has 2 aliphatic rings. The lowest BCUT2D eigenvalue weighted by Crippen LogP contribution is -2.46. The molecule has 0 aliphatic carbocycles. The average Bonchev–Trinajstić information content (AvgIpc) is 3.01. The average molecular weight is 297 g/mol. The molecule has 0 bridgehead atoms. The molecule has 124 valence electrons. The molecule has 0 saturated carbocycles. The first-order valence-corrected chi connectivity index (χ1v) is 9.11. The van der Waals surface area contributed by atoms with Crippen LogP contribution in [0.25, 0.3) is 0 Å². The Hall–Kier alpha value is -0.160. The van der Waals surface area contributed by atoms with Gasteiger partial charge in [-0.1, -0.05) is 39.0 Å². The second-order valence-electron chi connectivity index (χ2n) is 6.68. The Morgan fingerprint density at radius 1 is 1.10 bits per heavy atom. The van der Waals surface area contributed by atoms with Gasteiger partial charge in [0.15, 0.2) is 0 Å². The monoisotopic (exact) mass is 297 g/mol. The van der Waals surface area contributed by atoms with E-state index in [-0.39, 0.29) is 0 Å². The maximum Gasteiger partial charge on any atom is 0.0594 e. The number of nitrogens with two attached hydrogens (primary N) is 1. The highest BCUT2D eigenvalue weighted by Gasteiger charge is 2.31. The predicted molar refractivity (Wildman–Crippen MR) is 88.6 cm³/mol. The highest BCUT2D eigenvalue weighted by molar-refractivity contribution is 4.88. The summed E-state index contributed by atoms with van der Waals surface area (Å²) in [4.78, 5) is 5.28. The topological polar surface area (TPSA) is 41.7 Å². The lowest BCUT2D eigenvalue weighted by molar-refractivity contribution is 0.0175. The van der Waals surface area contributed by atoms with Crippen LogP contribution in [0.4, 0.5) is 0 Å². The van der Waals surface area contributed by atoms with Gasteiger partial charge < -0.3 is 10.5 Å². The van der Waals surface area contributed by atoms with Crippen LogP contribution in [0.1, 0.15) is 51.9 Å². The van der Waals surface area contributed by atoms with Crippen LogP contribution in [-0.4, -0.2) is 67.8 Å². The zero-order chi connectivity index (χ0) is 14.9. The molecule has 4 nitrogen and oxygen atoms in total. The van der Waals surface area contributed by atoms with Crippen molar-refractivity contribution < 1.29 is 4.74 Å². The zero-order valence-electron chi connectivity index (χ0n) is 13.9. The molecule has 2 unspecified atom stereocenters. The molecular formula is C17H35N3O. The summed E-state index contributed by atoms with van der Waals surface area (Å²) in [5.74, 6) is 0. The van der Waals surface area contributed by atoms with Gasteiger partial charge in [-0.2, -0.15) is 0 Å². The van der Waals surface area contributed by atoms with Gasteiger partial charge in [0.2, 0.25) is 0 Å². The lowest BCUT2D eigenvalue weighted by Gasteiger charge is -2.33. The smallest absolute Gasteiger partial charge is 0.0594 e. The van der Waals surface area contributed by atoms with Crippen LogP contribution in [0.15, 0.2) is 0 Å². The Balaban J connectivity index is 1.67. The van der Waals surface area contributed by atoms with Gasteiger partial charge in [0.1, 0.15) is 0 Å². The van der Waals surface area contributed by atoms with Crippen molar-refractivity contribution in [3.63, 3.8) is 0 Å². The van der Waals surface area contributed by atoms with E-state index in [1.165, 1.54) is 58.0 Å². The third kappa shape index (κ3) is 5.51. The van der Waals surface area contributed by atoms with Crippen LogP contribution < -0.4 is 5.73 Å². The van der Waals surface area contributed by atoms with Gasteiger partial charge in [-0.3, -0.25) is 9.80 Å². The minimum Gasteiger partial charge on any atom is -0.379 e. The molecule has 4 heteroatoms. The fraction of sp³-hybridized carbons (Fsp3) is 1.00. The number of morpholine rings is 1. The van der Waals surface area contributed by atoms with Crippen LogP contribution in [0.2, 0.25) is 0 Å². The Labute approximate surface area is 131 Å². The standard InChI is InChI=1S/C17H35N3O/c1-2-3-4-5-6-7-16(14-18)20-9-8-17(15-20)19-10-12-21-13-11-19/h16-17H,2-15,18H2,1H3. The van der Waals surface area contributed by atoms with Gasteiger partial charge in [0.25, 0.3) is 0 Å². The predicted octanol–water partition coefficient (Wildman–Crippen LogP) is 2.08. The maximum absolute atomic E-state index is 6.04. The van der Waals surface area contributed by atoms with Crippen molar-refractivity contribution >= 4 is 0 Å². The maximum atomic E-state index is 6.04. The second-order valence-corrected chi connectivity index (χ2v) is 6.68. The number of likely N-dealkylation sites (tertiary alicyclic amines) is 1. The highest BCUT2D eigenvalue weighted by atomic mass is 16.5.